The lowest BCUT2D eigenvalue weighted by atomic mass is 9.80. The third kappa shape index (κ3) is 3.14. The van der Waals surface area contributed by atoms with Crippen LogP contribution in [-0.4, -0.2) is 24.9 Å². The van der Waals surface area contributed by atoms with Crippen molar-refractivity contribution in [2.75, 3.05) is 14.1 Å². The van der Waals surface area contributed by atoms with Crippen LogP contribution in [-0.2, 0) is 0 Å². The number of carbonyl (C=O) groups excluding carboxylic acids is 1. The van der Waals surface area contributed by atoms with Gasteiger partial charge in [0, 0.05) is 19.7 Å². The van der Waals surface area contributed by atoms with E-state index in [4.69, 9.17) is 4.74 Å². The highest BCUT2D eigenvalue weighted by Crippen LogP contribution is 2.37. The fourth-order valence-electron chi connectivity index (χ4n) is 2.61. The molecule has 1 fully saturated rings. The second kappa shape index (κ2) is 6.22. The van der Waals surface area contributed by atoms with Crippen molar-refractivity contribution in [3.05, 3.63) is 59.7 Å². The lowest BCUT2D eigenvalue weighted by molar-refractivity contribution is 0.0827. The smallest absolute Gasteiger partial charge is 0.253 e. The van der Waals surface area contributed by atoms with Gasteiger partial charge in [0.05, 0.1) is 0 Å². The molecule has 0 saturated heterocycles. The highest BCUT2D eigenvalue weighted by molar-refractivity contribution is 5.93. The zero-order valence-electron chi connectivity index (χ0n) is 13.1. The Bertz CT molecular complexity index is 640. The van der Waals surface area contributed by atoms with Gasteiger partial charge in [-0.25, -0.2) is 0 Å². The van der Waals surface area contributed by atoms with Crippen molar-refractivity contribution >= 4 is 5.91 Å². The summed E-state index contributed by atoms with van der Waals surface area (Å²) in [6, 6.07) is 15.6. The molecule has 0 heterocycles. The van der Waals surface area contributed by atoms with Gasteiger partial charge in [0.15, 0.2) is 0 Å². The molecule has 0 unspecified atom stereocenters. The van der Waals surface area contributed by atoms with Crippen LogP contribution in [0, 0.1) is 0 Å². The monoisotopic (exact) mass is 295 g/mol. The second-order valence-corrected chi connectivity index (χ2v) is 6.02. The lowest BCUT2D eigenvalue weighted by Gasteiger charge is -2.25. The van der Waals surface area contributed by atoms with Crippen molar-refractivity contribution in [1.29, 1.82) is 0 Å². The largest absolute Gasteiger partial charge is 0.457 e. The number of amides is 1. The van der Waals surface area contributed by atoms with Crippen LogP contribution in [0.15, 0.2) is 48.5 Å². The number of carbonyl (C=O) groups is 1. The van der Waals surface area contributed by atoms with Crippen molar-refractivity contribution in [3.63, 3.8) is 0 Å². The van der Waals surface area contributed by atoms with E-state index in [0.29, 0.717) is 5.56 Å². The van der Waals surface area contributed by atoms with Crippen LogP contribution in [0.1, 0.15) is 41.1 Å². The molecule has 0 atom stereocenters. The van der Waals surface area contributed by atoms with Gasteiger partial charge in [-0.2, -0.15) is 0 Å². The lowest BCUT2D eigenvalue weighted by Crippen LogP contribution is -2.21. The molecule has 0 aliphatic heterocycles. The Morgan fingerprint density at radius 1 is 0.955 bits per heavy atom. The average Bonchev–Trinajstić information content (AvgIpc) is 2.47. The minimum Gasteiger partial charge on any atom is -0.457 e. The fourth-order valence-corrected chi connectivity index (χ4v) is 2.61. The summed E-state index contributed by atoms with van der Waals surface area (Å²) in [5.74, 6) is 2.31. The average molecular weight is 295 g/mol. The summed E-state index contributed by atoms with van der Waals surface area (Å²) < 4.78 is 5.84. The molecule has 1 aliphatic rings. The van der Waals surface area contributed by atoms with E-state index in [2.05, 4.69) is 12.1 Å². The minimum atomic E-state index is -0.00333. The van der Waals surface area contributed by atoms with Gasteiger partial charge in [-0.3, -0.25) is 4.79 Å². The SMILES string of the molecule is CN(C)C(=O)c1ccc(Oc2ccc(C3CCC3)cc2)cc1. The molecule has 114 valence electrons. The third-order valence-electron chi connectivity index (χ3n) is 4.20. The van der Waals surface area contributed by atoms with E-state index in [0.717, 1.165) is 17.4 Å². The molecule has 0 aromatic heterocycles. The molecule has 1 amide bonds. The van der Waals surface area contributed by atoms with Crippen LogP contribution in [0.3, 0.4) is 0 Å². The molecular formula is C19H21NO2. The number of nitrogens with zero attached hydrogens (tertiary/aromatic N) is 1. The highest BCUT2D eigenvalue weighted by atomic mass is 16.5. The van der Waals surface area contributed by atoms with Crippen LogP contribution in [0.2, 0.25) is 0 Å². The van der Waals surface area contributed by atoms with Crippen molar-refractivity contribution in [1.82, 2.24) is 4.90 Å². The molecule has 0 radical (unpaired) electrons. The Labute approximate surface area is 131 Å². The van der Waals surface area contributed by atoms with Crippen molar-refractivity contribution < 1.29 is 9.53 Å². The third-order valence-corrected chi connectivity index (χ3v) is 4.20. The fraction of sp³-hybridized carbons (Fsp3) is 0.316. The maximum absolute atomic E-state index is 11.8. The number of benzene rings is 2. The van der Waals surface area contributed by atoms with Crippen molar-refractivity contribution in [2.45, 2.75) is 25.2 Å². The van der Waals surface area contributed by atoms with Crippen molar-refractivity contribution in [2.24, 2.45) is 0 Å². The normalized spacial score (nSPS) is 14.3. The first-order valence-electron chi connectivity index (χ1n) is 7.73. The predicted molar refractivity (Wildman–Crippen MR) is 87.6 cm³/mol. The summed E-state index contributed by atoms with van der Waals surface area (Å²) in [5, 5.41) is 0. The molecule has 0 N–H and O–H groups in total. The maximum Gasteiger partial charge on any atom is 0.253 e. The van der Waals surface area contributed by atoms with Crippen LogP contribution in [0.5, 0.6) is 11.5 Å². The number of hydrogen-bond donors (Lipinski definition) is 0. The molecule has 2 aromatic carbocycles. The number of ether oxygens (including phenoxy) is 1. The Kier molecular flexibility index (Phi) is 4.14. The number of rotatable bonds is 4. The molecule has 3 rings (SSSR count). The van der Waals surface area contributed by atoms with Gasteiger partial charge >= 0.3 is 0 Å². The Balaban J connectivity index is 1.66. The van der Waals surface area contributed by atoms with E-state index >= 15 is 0 Å². The molecule has 3 heteroatoms. The first kappa shape index (κ1) is 14.6. The summed E-state index contributed by atoms with van der Waals surface area (Å²) >= 11 is 0. The predicted octanol–water partition coefficient (Wildman–Crippen LogP) is 4.45. The Morgan fingerprint density at radius 2 is 1.50 bits per heavy atom. The molecule has 1 saturated carbocycles. The van der Waals surface area contributed by atoms with Gasteiger partial charge < -0.3 is 9.64 Å². The second-order valence-electron chi connectivity index (χ2n) is 6.02. The molecule has 22 heavy (non-hydrogen) atoms. The summed E-state index contributed by atoms with van der Waals surface area (Å²) in [5.41, 5.74) is 2.07. The zero-order valence-corrected chi connectivity index (χ0v) is 13.1. The molecule has 2 aromatic rings. The Hall–Kier alpha value is -2.29. The summed E-state index contributed by atoms with van der Waals surface area (Å²) in [7, 11) is 3.49. The zero-order chi connectivity index (χ0) is 15.5. The van der Waals surface area contributed by atoms with Crippen LogP contribution in [0.4, 0.5) is 0 Å². The topological polar surface area (TPSA) is 29.5 Å². The van der Waals surface area contributed by atoms with Gasteiger partial charge in [-0.1, -0.05) is 18.6 Å². The number of hydrogen-bond acceptors (Lipinski definition) is 2. The first-order chi connectivity index (χ1) is 10.6. The quantitative estimate of drug-likeness (QED) is 0.834. The van der Waals surface area contributed by atoms with Gasteiger partial charge in [0.1, 0.15) is 11.5 Å². The highest BCUT2D eigenvalue weighted by Gasteiger charge is 2.19. The summed E-state index contributed by atoms with van der Waals surface area (Å²) in [4.78, 5) is 13.4. The van der Waals surface area contributed by atoms with E-state index in [1.54, 1.807) is 31.1 Å². The first-order valence-corrected chi connectivity index (χ1v) is 7.73. The van der Waals surface area contributed by atoms with E-state index in [-0.39, 0.29) is 5.91 Å². The van der Waals surface area contributed by atoms with Crippen LogP contribution < -0.4 is 4.74 Å². The molecule has 0 spiro atoms. The van der Waals surface area contributed by atoms with Gasteiger partial charge in [-0.15, -0.1) is 0 Å². The minimum absolute atomic E-state index is 0.00333. The summed E-state index contributed by atoms with van der Waals surface area (Å²) in [6.07, 6.45) is 3.96. The maximum atomic E-state index is 11.8. The van der Waals surface area contributed by atoms with Gasteiger partial charge in [-0.05, 0) is 60.7 Å². The van der Waals surface area contributed by atoms with Gasteiger partial charge in [0.2, 0.25) is 0 Å². The van der Waals surface area contributed by atoms with Gasteiger partial charge in [0.25, 0.3) is 5.91 Å². The molecule has 1 aliphatic carbocycles. The van der Waals surface area contributed by atoms with E-state index in [9.17, 15) is 4.79 Å². The standard InChI is InChI=1S/C19H21NO2/c1-20(2)19(21)16-8-12-18(13-9-16)22-17-10-6-15(7-11-17)14-4-3-5-14/h6-14H,3-5H2,1-2H3. The summed E-state index contributed by atoms with van der Waals surface area (Å²) in [6.45, 7) is 0. The van der Waals surface area contributed by atoms with E-state index < -0.39 is 0 Å². The van der Waals surface area contributed by atoms with Crippen LogP contribution >= 0.6 is 0 Å². The van der Waals surface area contributed by atoms with E-state index in [1.165, 1.54) is 24.8 Å². The van der Waals surface area contributed by atoms with Crippen molar-refractivity contribution in [3.8, 4) is 11.5 Å². The molecular weight excluding hydrogens is 274 g/mol. The Morgan fingerprint density at radius 3 is 1.95 bits per heavy atom. The molecule has 3 nitrogen and oxygen atoms in total. The molecule has 0 bridgehead atoms. The van der Waals surface area contributed by atoms with E-state index in [1.807, 2.05) is 24.3 Å². The van der Waals surface area contributed by atoms with Crippen LogP contribution in [0.25, 0.3) is 0 Å².